The SMILES string of the molecule is CCc1nc(-c2ccc(N/C(=C3\C(=O)Nc4ccc([N+](=O)[O-])cc43)c3ccc(CCN4CCCC4)cc3)cc2)c[nH]1. The van der Waals surface area contributed by atoms with Crippen LogP contribution in [0.4, 0.5) is 17.1 Å². The molecule has 0 unspecified atom stereocenters. The van der Waals surface area contributed by atoms with Crippen molar-refractivity contribution in [1.29, 1.82) is 0 Å². The van der Waals surface area contributed by atoms with E-state index in [1.807, 2.05) is 42.6 Å². The van der Waals surface area contributed by atoms with Crippen LogP contribution in [0.3, 0.4) is 0 Å². The van der Waals surface area contributed by atoms with Crippen molar-refractivity contribution >= 4 is 34.2 Å². The number of anilines is 2. The first-order valence-electron chi connectivity index (χ1n) is 14.1. The van der Waals surface area contributed by atoms with Gasteiger partial charge < -0.3 is 20.5 Å². The molecule has 0 spiro atoms. The van der Waals surface area contributed by atoms with Gasteiger partial charge in [0.25, 0.3) is 11.6 Å². The lowest BCUT2D eigenvalue weighted by atomic mass is 9.98. The largest absolute Gasteiger partial charge is 0.354 e. The number of nitrogens with one attached hydrogen (secondary N) is 3. The molecule has 2 aliphatic rings. The number of nitro benzene ring substituents is 1. The summed E-state index contributed by atoms with van der Waals surface area (Å²) in [4.78, 5) is 34.7. The zero-order valence-corrected chi connectivity index (χ0v) is 22.9. The summed E-state index contributed by atoms with van der Waals surface area (Å²) in [6.45, 7) is 5.42. The summed E-state index contributed by atoms with van der Waals surface area (Å²) in [5.41, 5.74) is 6.64. The summed E-state index contributed by atoms with van der Waals surface area (Å²) < 4.78 is 0. The number of carbonyl (C=O) groups excluding carboxylic acids is 1. The number of nitro groups is 1. The van der Waals surface area contributed by atoms with Gasteiger partial charge in [0.15, 0.2) is 0 Å². The number of hydrogen-bond donors (Lipinski definition) is 3. The minimum atomic E-state index is -0.444. The molecule has 4 aromatic rings. The van der Waals surface area contributed by atoms with Gasteiger partial charge in [-0.2, -0.15) is 0 Å². The summed E-state index contributed by atoms with van der Waals surface area (Å²) in [5, 5.41) is 17.9. The summed E-state index contributed by atoms with van der Waals surface area (Å²) in [7, 11) is 0. The average Bonchev–Trinajstić information content (AvgIpc) is 3.75. The van der Waals surface area contributed by atoms with E-state index in [2.05, 4.69) is 44.6 Å². The van der Waals surface area contributed by atoms with E-state index in [0.29, 0.717) is 22.5 Å². The molecule has 0 atom stereocenters. The number of aryl methyl sites for hydroxylation is 1. The highest BCUT2D eigenvalue weighted by Crippen LogP contribution is 2.39. The molecule has 1 aromatic heterocycles. The summed E-state index contributed by atoms with van der Waals surface area (Å²) in [5.74, 6) is 0.624. The molecule has 1 amide bonds. The van der Waals surface area contributed by atoms with E-state index in [1.165, 1.54) is 30.5 Å². The second-order valence-electron chi connectivity index (χ2n) is 10.5. The van der Waals surface area contributed by atoms with E-state index in [1.54, 1.807) is 6.07 Å². The summed E-state index contributed by atoms with van der Waals surface area (Å²) >= 11 is 0. The van der Waals surface area contributed by atoms with Crippen molar-refractivity contribution < 1.29 is 9.72 Å². The van der Waals surface area contributed by atoms with E-state index in [-0.39, 0.29) is 11.6 Å². The molecule has 41 heavy (non-hydrogen) atoms. The number of non-ortho nitro benzene ring substituents is 1. The predicted molar refractivity (Wildman–Crippen MR) is 161 cm³/mol. The number of aromatic amines is 1. The van der Waals surface area contributed by atoms with Crippen LogP contribution in [0.5, 0.6) is 0 Å². The van der Waals surface area contributed by atoms with Gasteiger partial charge in [-0.15, -0.1) is 0 Å². The highest BCUT2D eigenvalue weighted by atomic mass is 16.6. The number of aromatic nitrogens is 2. The molecule has 0 aliphatic carbocycles. The molecule has 3 aromatic carbocycles. The maximum atomic E-state index is 13.3. The monoisotopic (exact) mass is 548 g/mol. The number of fused-ring (bicyclic) bond motifs is 1. The Hall–Kier alpha value is -4.76. The highest BCUT2D eigenvalue weighted by Gasteiger charge is 2.30. The predicted octanol–water partition coefficient (Wildman–Crippen LogP) is 6.12. The minimum Gasteiger partial charge on any atom is -0.354 e. The molecule has 2 aliphatic heterocycles. The molecule has 0 bridgehead atoms. The highest BCUT2D eigenvalue weighted by molar-refractivity contribution is 6.37. The molecule has 1 fully saturated rings. The van der Waals surface area contributed by atoms with Crippen LogP contribution < -0.4 is 10.6 Å². The van der Waals surface area contributed by atoms with Crippen molar-refractivity contribution in [1.82, 2.24) is 14.9 Å². The first kappa shape index (κ1) is 26.5. The molecule has 3 heterocycles. The number of hydrogen-bond acceptors (Lipinski definition) is 6. The fourth-order valence-electron chi connectivity index (χ4n) is 5.49. The number of likely N-dealkylation sites (tertiary alicyclic amines) is 1. The van der Waals surface area contributed by atoms with Crippen molar-refractivity contribution in [3.05, 3.63) is 106 Å². The van der Waals surface area contributed by atoms with Crippen LogP contribution in [0.15, 0.2) is 72.9 Å². The third kappa shape index (κ3) is 5.62. The van der Waals surface area contributed by atoms with Crippen molar-refractivity contribution in [3.8, 4) is 11.3 Å². The molecule has 9 heteroatoms. The van der Waals surface area contributed by atoms with Crippen LogP contribution in [-0.4, -0.2) is 45.3 Å². The van der Waals surface area contributed by atoms with Gasteiger partial charge in [0.05, 0.1) is 21.9 Å². The van der Waals surface area contributed by atoms with Crippen molar-refractivity contribution in [2.75, 3.05) is 30.3 Å². The van der Waals surface area contributed by atoms with Crippen LogP contribution in [-0.2, 0) is 17.6 Å². The molecule has 0 radical (unpaired) electrons. The molecule has 208 valence electrons. The van der Waals surface area contributed by atoms with Gasteiger partial charge in [-0.25, -0.2) is 4.98 Å². The second-order valence-corrected chi connectivity index (χ2v) is 10.5. The molecular weight excluding hydrogens is 516 g/mol. The van der Waals surface area contributed by atoms with E-state index in [9.17, 15) is 14.9 Å². The normalized spacial score (nSPS) is 16.0. The van der Waals surface area contributed by atoms with Gasteiger partial charge in [-0.05, 0) is 61.7 Å². The van der Waals surface area contributed by atoms with Crippen molar-refractivity contribution in [2.45, 2.75) is 32.6 Å². The first-order chi connectivity index (χ1) is 20.0. The molecule has 6 rings (SSSR count). The number of benzene rings is 3. The van der Waals surface area contributed by atoms with Gasteiger partial charge in [0.1, 0.15) is 5.82 Å². The maximum absolute atomic E-state index is 13.3. The molecule has 1 saturated heterocycles. The lowest BCUT2D eigenvalue weighted by molar-refractivity contribution is -0.384. The van der Waals surface area contributed by atoms with Gasteiger partial charge in [-0.3, -0.25) is 14.9 Å². The maximum Gasteiger partial charge on any atom is 0.270 e. The lowest BCUT2D eigenvalue weighted by Crippen LogP contribution is -2.21. The zero-order chi connectivity index (χ0) is 28.3. The number of nitrogens with zero attached hydrogens (tertiary/aromatic N) is 3. The van der Waals surface area contributed by atoms with Crippen LogP contribution >= 0.6 is 0 Å². The third-order valence-electron chi connectivity index (χ3n) is 7.78. The minimum absolute atomic E-state index is 0.0656. The Labute approximate surface area is 238 Å². The first-order valence-corrected chi connectivity index (χ1v) is 14.1. The number of imidazole rings is 1. The molecule has 3 N–H and O–H groups in total. The fourth-order valence-corrected chi connectivity index (χ4v) is 5.49. The van der Waals surface area contributed by atoms with Gasteiger partial charge in [-0.1, -0.05) is 43.3 Å². The van der Waals surface area contributed by atoms with Crippen LogP contribution in [0.1, 0.15) is 42.3 Å². The molecule has 9 nitrogen and oxygen atoms in total. The van der Waals surface area contributed by atoms with E-state index in [4.69, 9.17) is 0 Å². The number of rotatable bonds is 9. The fraction of sp³-hybridized carbons (Fsp3) is 0.250. The number of H-pyrrole nitrogens is 1. The Morgan fingerprint density at radius 1 is 1.05 bits per heavy atom. The topological polar surface area (TPSA) is 116 Å². The van der Waals surface area contributed by atoms with Gasteiger partial charge in [0, 0.05) is 53.8 Å². The van der Waals surface area contributed by atoms with Crippen LogP contribution in [0, 0.1) is 10.1 Å². The Balaban J connectivity index is 1.35. The van der Waals surface area contributed by atoms with Gasteiger partial charge in [0.2, 0.25) is 0 Å². The lowest BCUT2D eigenvalue weighted by Gasteiger charge is -2.17. The van der Waals surface area contributed by atoms with Crippen molar-refractivity contribution in [3.63, 3.8) is 0 Å². The average molecular weight is 549 g/mol. The number of carbonyl (C=O) groups is 1. The Kier molecular flexibility index (Phi) is 7.35. The zero-order valence-electron chi connectivity index (χ0n) is 22.9. The Morgan fingerprint density at radius 3 is 2.49 bits per heavy atom. The van der Waals surface area contributed by atoms with Crippen molar-refractivity contribution in [2.24, 2.45) is 0 Å². The summed E-state index contributed by atoms with van der Waals surface area (Å²) in [6.07, 6.45) is 6.23. The standard InChI is InChI=1S/C32H32N6O3/c1-2-29-33-20-28(35-29)22-9-11-24(12-10-22)34-31(23-7-5-21(6-8-23)15-18-37-16-3-4-17-37)30-26-19-25(38(40)41)13-14-27(26)36-32(30)39/h5-14,19-20,34H,2-4,15-18H2,1H3,(H,33,35)(H,36,39)/b31-30-. The number of amides is 1. The quantitative estimate of drug-likeness (QED) is 0.132. The van der Waals surface area contributed by atoms with Crippen LogP contribution in [0.2, 0.25) is 0 Å². The summed E-state index contributed by atoms with van der Waals surface area (Å²) in [6, 6.07) is 20.5. The van der Waals surface area contributed by atoms with Crippen LogP contribution in [0.25, 0.3) is 22.5 Å². The Bertz CT molecular complexity index is 1620. The Morgan fingerprint density at radius 2 is 1.80 bits per heavy atom. The second kappa shape index (κ2) is 11.4. The van der Waals surface area contributed by atoms with E-state index >= 15 is 0 Å². The van der Waals surface area contributed by atoms with E-state index in [0.717, 1.165) is 60.8 Å². The molecule has 0 saturated carbocycles. The van der Waals surface area contributed by atoms with E-state index < -0.39 is 4.92 Å². The third-order valence-corrected chi connectivity index (χ3v) is 7.78. The molecular formula is C32H32N6O3. The smallest absolute Gasteiger partial charge is 0.270 e. The van der Waals surface area contributed by atoms with Gasteiger partial charge >= 0.3 is 0 Å².